The van der Waals surface area contributed by atoms with Gasteiger partial charge in [-0.2, -0.15) is 0 Å². The van der Waals surface area contributed by atoms with Crippen molar-refractivity contribution in [3.05, 3.63) is 36.7 Å². The van der Waals surface area contributed by atoms with Crippen LogP contribution in [0.2, 0.25) is 13.1 Å². The number of rotatable bonds is 3. The van der Waals surface area contributed by atoms with E-state index in [-0.39, 0.29) is 13.0 Å². The van der Waals surface area contributed by atoms with Crippen molar-refractivity contribution < 1.29 is 21.5 Å². The van der Waals surface area contributed by atoms with Gasteiger partial charge in [-0.3, -0.25) is 0 Å². The molecule has 134 valence electrons. The molecular weight excluding hydrogens is 381 g/mol. The normalized spacial score (nSPS) is 29.2. The fourth-order valence-electron chi connectivity index (χ4n) is 3.56. The first-order chi connectivity index (χ1) is 10.1. The van der Waals surface area contributed by atoms with Gasteiger partial charge in [-0.05, 0) is 18.3 Å². The summed E-state index contributed by atoms with van der Waals surface area (Å²) in [6.07, 6.45) is 10.6. The third kappa shape index (κ3) is 8.22. The molecule has 4 unspecified atom stereocenters. The molecule has 0 heterocycles. The molecule has 0 aromatic rings. The van der Waals surface area contributed by atoms with E-state index in [1.807, 2.05) is 0 Å². The first kappa shape index (κ1) is 23.9. The van der Waals surface area contributed by atoms with E-state index in [1.54, 1.807) is 0 Å². The number of hydrogen-bond donors (Lipinski definition) is 0. The average molecular weight is 412 g/mol. The molecule has 0 aliphatic heterocycles. The summed E-state index contributed by atoms with van der Waals surface area (Å²) in [7, 11) is 7.82. The Kier molecular flexibility index (Phi) is 10.6. The predicted octanol–water partition coefficient (Wildman–Crippen LogP) is 6.47. The Morgan fingerprint density at radius 2 is 1.70 bits per heavy atom. The van der Waals surface area contributed by atoms with Crippen LogP contribution in [0.25, 0.3) is 4.98 Å². The molecular formula is C17H31Cl2NOSiTi-2. The molecule has 1 fully saturated rings. The molecule has 0 bridgehead atoms. The number of nitrogens with zero attached hydrogens (tertiary/aromatic N) is 1. The third-order valence-corrected chi connectivity index (χ3v) is 5.97. The van der Waals surface area contributed by atoms with Crippen LogP contribution in [0.1, 0.15) is 34.1 Å². The summed E-state index contributed by atoms with van der Waals surface area (Å²) in [5.41, 5.74) is -0.000721. The van der Waals surface area contributed by atoms with Gasteiger partial charge in [0, 0.05) is 5.92 Å². The van der Waals surface area contributed by atoms with Crippen molar-refractivity contribution in [1.82, 2.24) is 0 Å². The van der Waals surface area contributed by atoms with Crippen molar-refractivity contribution in [3.8, 4) is 0 Å². The van der Waals surface area contributed by atoms with Gasteiger partial charge in [-0.25, -0.2) is 0 Å². The van der Waals surface area contributed by atoms with Crippen LogP contribution in [0.4, 0.5) is 0 Å². The Balaban J connectivity index is 0.00000112. The summed E-state index contributed by atoms with van der Waals surface area (Å²) in [4.78, 5) is 4.95. The van der Waals surface area contributed by atoms with Crippen molar-refractivity contribution in [1.29, 1.82) is 0 Å². The molecule has 0 spiro atoms. The third-order valence-electron chi connectivity index (χ3n) is 3.91. The molecule has 2 aliphatic carbocycles. The average Bonchev–Trinajstić information content (AvgIpc) is 2.64. The van der Waals surface area contributed by atoms with Crippen LogP contribution < -0.4 is 0 Å². The molecule has 0 aromatic heterocycles. The zero-order valence-electron chi connectivity index (χ0n) is 15.4. The van der Waals surface area contributed by atoms with Crippen LogP contribution in [-0.2, 0) is 21.5 Å². The van der Waals surface area contributed by atoms with Crippen LogP contribution in [0.5, 0.6) is 0 Å². The molecule has 2 rings (SSSR count). The van der Waals surface area contributed by atoms with Crippen molar-refractivity contribution in [2.45, 2.75) is 58.9 Å². The van der Waals surface area contributed by atoms with Crippen molar-refractivity contribution >= 4 is 27.1 Å². The Morgan fingerprint density at radius 1 is 1.17 bits per heavy atom. The van der Waals surface area contributed by atoms with E-state index in [0.717, 1.165) is 0 Å². The predicted molar refractivity (Wildman–Crippen MR) is 103 cm³/mol. The molecule has 0 N–H and O–H groups in total. The summed E-state index contributed by atoms with van der Waals surface area (Å²) in [6, 6.07) is 0. The Hall–Kier alpha value is 0.911. The van der Waals surface area contributed by atoms with E-state index in [2.05, 4.69) is 65.1 Å². The van der Waals surface area contributed by atoms with Gasteiger partial charge >= 0.3 is 35.6 Å². The summed E-state index contributed by atoms with van der Waals surface area (Å²) in [5, 5.41) is 0. The molecule has 1 saturated carbocycles. The van der Waals surface area contributed by atoms with E-state index in [1.165, 1.54) is 6.42 Å². The fourth-order valence-corrected chi connectivity index (χ4v) is 6.29. The molecule has 0 aromatic carbocycles. The van der Waals surface area contributed by atoms with E-state index in [0.29, 0.717) is 23.9 Å². The summed E-state index contributed by atoms with van der Waals surface area (Å²) >= 11 is -0.556. The van der Waals surface area contributed by atoms with E-state index >= 15 is 0 Å². The SMILES string of the molecule is CC1CC2C=CC=CC2C1O[Si](C)(C)[N-]C(C)(C)C.[CH3-].[Cl][Ti][Cl]. The Labute approximate surface area is 161 Å². The molecule has 0 amide bonds. The second kappa shape index (κ2) is 10.2. The molecule has 0 saturated heterocycles. The van der Waals surface area contributed by atoms with Gasteiger partial charge in [0.05, 0.1) is 14.6 Å². The van der Waals surface area contributed by atoms with Crippen LogP contribution in [-0.4, -0.2) is 20.1 Å². The molecule has 23 heavy (non-hydrogen) atoms. The van der Waals surface area contributed by atoms with Gasteiger partial charge in [0.2, 0.25) is 0 Å². The first-order valence-corrected chi connectivity index (χ1v) is 15.0. The van der Waals surface area contributed by atoms with Crippen LogP contribution >= 0.6 is 18.6 Å². The van der Waals surface area contributed by atoms with Gasteiger partial charge in [-0.1, -0.05) is 65.1 Å². The van der Waals surface area contributed by atoms with Gasteiger partial charge < -0.3 is 16.8 Å². The molecule has 6 heteroatoms. The summed E-state index contributed by atoms with van der Waals surface area (Å²) in [6.45, 7) is 13.3. The molecule has 2 aliphatic rings. The second-order valence-corrected chi connectivity index (χ2v) is 13.5. The Bertz CT molecular complexity index is 410. The molecule has 2 nitrogen and oxygen atoms in total. The minimum absolute atomic E-state index is 0. The van der Waals surface area contributed by atoms with Gasteiger partial charge in [0.15, 0.2) is 0 Å². The zero-order chi connectivity index (χ0) is 17.0. The molecule has 0 radical (unpaired) electrons. The van der Waals surface area contributed by atoms with Gasteiger partial charge in [-0.15, -0.1) is 5.54 Å². The van der Waals surface area contributed by atoms with Crippen molar-refractivity contribution in [2.75, 3.05) is 0 Å². The summed E-state index contributed by atoms with van der Waals surface area (Å²) < 4.78 is 6.54. The Morgan fingerprint density at radius 3 is 2.22 bits per heavy atom. The van der Waals surface area contributed by atoms with E-state index in [4.69, 9.17) is 28.0 Å². The summed E-state index contributed by atoms with van der Waals surface area (Å²) in [5.74, 6) is 1.86. The van der Waals surface area contributed by atoms with E-state index in [9.17, 15) is 0 Å². The quantitative estimate of drug-likeness (QED) is 0.385. The minimum atomic E-state index is -1.95. The maximum absolute atomic E-state index is 6.54. The number of hydrogen-bond acceptors (Lipinski definition) is 1. The molecule has 4 atom stereocenters. The van der Waals surface area contributed by atoms with Crippen LogP contribution in [0, 0.1) is 25.2 Å². The standard InChI is InChI=1S/C16H28NOSi.CH3.2ClH.Ti/c1-12-11-13-9-7-8-10-14(13)15(12)18-19(5,6)17-16(2,3)4;;;;/h7-10,12-15H,11H2,1-6H3;1H3;2*1H;/q2*-1;;;+2/p-2. The van der Waals surface area contributed by atoms with E-state index < -0.39 is 25.5 Å². The fraction of sp³-hybridized carbons (Fsp3) is 0.706. The number of allylic oxidation sites excluding steroid dienone is 3. The second-order valence-electron chi connectivity index (χ2n) is 7.61. The number of fused-ring (bicyclic) bond motifs is 1. The van der Waals surface area contributed by atoms with Crippen LogP contribution in [0.3, 0.4) is 0 Å². The maximum atomic E-state index is 6.54. The topological polar surface area (TPSA) is 23.3 Å². The monoisotopic (exact) mass is 411 g/mol. The van der Waals surface area contributed by atoms with Gasteiger partial charge in [0.1, 0.15) is 0 Å². The van der Waals surface area contributed by atoms with Crippen LogP contribution in [0.15, 0.2) is 24.3 Å². The van der Waals surface area contributed by atoms with Gasteiger partial charge in [0.25, 0.3) is 0 Å². The first-order valence-electron chi connectivity index (χ1n) is 7.83. The number of halogens is 2. The zero-order valence-corrected chi connectivity index (χ0v) is 19.5. The van der Waals surface area contributed by atoms with Crippen molar-refractivity contribution in [2.24, 2.45) is 17.8 Å². The van der Waals surface area contributed by atoms with Crippen molar-refractivity contribution in [3.63, 3.8) is 0 Å².